The average molecular weight is 295 g/mol. The van der Waals surface area contributed by atoms with Gasteiger partial charge in [0, 0.05) is 6.42 Å². The van der Waals surface area contributed by atoms with E-state index in [0.717, 1.165) is 24.2 Å². The van der Waals surface area contributed by atoms with Gasteiger partial charge in [0.25, 0.3) is 0 Å². The van der Waals surface area contributed by atoms with E-state index in [1.807, 2.05) is 30.3 Å². The quantitative estimate of drug-likeness (QED) is 0.686. The number of nitrogens with one attached hydrogen (secondary N) is 1. The van der Waals surface area contributed by atoms with Crippen LogP contribution in [-0.2, 0) is 16.0 Å². The maximum atomic E-state index is 11.7. The number of carboxylic acids is 1. The number of unbranched alkanes of at least 4 members (excludes halogenated alkanes) is 1. The number of hydrogen-bond donors (Lipinski definition) is 2. The van der Waals surface area contributed by atoms with Gasteiger partial charge in [-0.3, -0.25) is 4.79 Å². The maximum absolute atomic E-state index is 11.7. The number of amides is 1. The lowest BCUT2D eigenvalue weighted by Crippen LogP contribution is -2.43. The van der Waals surface area contributed by atoms with Crippen molar-refractivity contribution in [3.8, 4) is 0 Å². The van der Waals surface area contributed by atoms with E-state index in [0.29, 0.717) is 12.2 Å². The van der Waals surface area contributed by atoms with E-state index in [2.05, 4.69) is 12.2 Å². The van der Waals surface area contributed by atoms with Crippen molar-refractivity contribution < 1.29 is 14.7 Å². The molecule has 1 aromatic carbocycles. The predicted octanol–water partition coefficient (Wildman–Crippen LogP) is 2.33. The molecule has 0 spiro atoms. The number of carboxylic acid groups (broad SMARTS) is 1. The third-order valence-electron chi connectivity index (χ3n) is 2.79. The minimum Gasteiger partial charge on any atom is -0.480 e. The summed E-state index contributed by atoms with van der Waals surface area (Å²) in [6.45, 7) is 2.10. The average Bonchev–Trinajstić information content (AvgIpc) is 2.44. The summed E-state index contributed by atoms with van der Waals surface area (Å²) in [6, 6.07) is 8.45. The first-order valence-corrected chi connectivity index (χ1v) is 7.92. The minimum absolute atomic E-state index is 0.213. The predicted molar refractivity (Wildman–Crippen MR) is 81.9 cm³/mol. The Morgan fingerprint density at radius 1 is 1.30 bits per heavy atom. The lowest BCUT2D eigenvalue weighted by atomic mass is 10.1. The van der Waals surface area contributed by atoms with Gasteiger partial charge < -0.3 is 10.4 Å². The zero-order valence-corrected chi connectivity index (χ0v) is 12.5. The van der Waals surface area contributed by atoms with Gasteiger partial charge in [-0.05, 0) is 17.7 Å². The molecule has 0 bridgehead atoms. The van der Waals surface area contributed by atoms with Crippen molar-refractivity contribution in [1.29, 1.82) is 0 Å². The fraction of sp³-hybridized carbons (Fsp3) is 0.467. The number of benzene rings is 1. The Morgan fingerprint density at radius 3 is 2.60 bits per heavy atom. The van der Waals surface area contributed by atoms with E-state index in [1.165, 1.54) is 0 Å². The summed E-state index contributed by atoms with van der Waals surface area (Å²) in [7, 11) is 0. The molecule has 1 atom stereocenters. The number of carbonyl (C=O) groups is 2. The highest BCUT2D eigenvalue weighted by Crippen LogP contribution is 2.06. The van der Waals surface area contributed by atoms with Crippen molar-refractivity contribution in [3.63, 3.8) is 0 Å². The van der Waals surface area contributed by atoms with Gasteiger partial charge in [-0.25, -0.2) is 4.79 Å². The molecule has 2 N–H and O–H groups in total. The van der Waals surface area contributed by atoms with Crippen molar-refractivity contribution in [1.82, 2.24) is 5.32 Å². The summed E-state index contributed by atoms with van der Waals surface area (Å²) in [4.78, 5) is 22.9. The molecule has 0 heterocycles. The molecule has 4 nitrogen and oxygen atoms in total. The van der Waals surface area contributed by atoms with Gasteiger partial charge in [0.2, 0.25) is 5.91 Å². The third kappa shape index (κ3) is 6.61. The molecule has 0 aromatic heterocycles. The highest BCUT2D eigenvalue weighted by molar-refractivity contribution is 7.99. The first-order valence-electron chi connectivity index (χ1n) is 6.77. The number of thioether (sulfide) groups is 1. The molecule has 110 valence electrons. The lowest BCUT2D eigenvalue weighted by Gasteiger charge is -2.14. The Labute approximate surface area is 124 Å². The fourth-order valence-corrected chi connectivity index (χ4v) is 2.60. The Kier molecular flexibility index (Phi) is 7.80. The Bertz CT molecular complexity index is 422. The van der Waals surface area contributed by atoms with Crippen LogP contribution in [0.2, 0.25) is 0 Å². The largest absolute Gasteiger partial charge is 0.480 e. The molecule has 0 fully saturated rings. The highest BCUT2D eigenvalue weighted by atomic mass is 32.2. The molecular weight excluding hydrogens is 274 g/mol. The lowest BCUT2D eigenvalue weighted by molar-refractivity contribution is -0.141. The topological polar surface area (TPSA) is 66.4 Å². The van der Waals surface area contributed by atoms with Crippen molar-refractivity contribution >= 4 is 23.6 Å². The smallest absolute Gasteiger partial charge is 0.326 e. The van der Waals surface area contributed by atoms with E-state index >= 15 is 0 Å². The Morgan fingerprint density at radius 2 is 2.00 bits per heavy atom. The van der Waals surface area contributed by atoms with Crippen LogP contribution < -0.4 is 5.32 Å². The first-order chi connectivity index (χ1) is 9.63. The first kappa shape index (κ1) is 16.6. The van der Waals surface area contributed by atoms with E-state index in [9.17, 15) is 14.7 Å². The SMILES string of the molecule is CCCCSCC(=O)N[C@H](Cc1ccccc1)C(=O)O. The van der Waals surface area contributed by atoms with Gasteiger partial charge in [0.15, 0.2) is 0 Å². The molecule has 0 aliphatic heterocycles. The van der Waals surface area contributed by atoms with E-state index in [1.54, 1.807) is 11.8 Å². The van der Waals surface area contributed by atoms with Crippen LogP contribution in [0.1, 0.15) is 25.3 Å². The van der Waals surface area contributed by atoms with Crippen molar-refractivity contribution in [3.05, 3.63) is 35.9 Å². The molecule has 1 rings (SSSR count). The Balaban J connectivity index is 2.43. The molecular formula is C15H21NO3S. The molecule has 5 heteroatoms. The van der Waals surface area contributed by atoms with Crippen LogP contribution >= 0.6 is 11.8 Å². The molecule has 20 heavy (non-hydrogen) atoms. The summed E-state index contributed by atoms with van der Waals surface area (Å²) in [6.07, 6.45) is 2.48. The molecule has 0 unspecified atom stereocenters. The van der Waals surface area contributed by atoms with Crippen LogP contribution in [0, 0.1) is 0 Å². The molecule has 0 aliphatic carbocycles. The molecule has 1 aromatic rings. The fourth-order valence-electron chi connectivity index (χ4n) is 1.70. The van der Waals surface area contributed by atoms with Gasteiger partial charge in [-0.2, -0.15) is 11.8 Å². The van der Waals surface area contributed by atoms with E-state index in [-0.39, 0.29) is 5.91 Å². The third-order valence-corrected chi connectivity index (χ3v) is 3.84. The van der Waals surface area contributed by atoms with Crippen LogP contribution in [0.4, 0.5) is 0 Å². The molecule has 1 amide bonds. The van der Waals surface area contributed by atoms with Gasteiger partial charge in [-0.1, -0.05) is 43.7 Å². The summed E-state index contributed by atoms with van der Waals surface area (Å²) in [5.41, 5.74) is 0.902. The van der Waals surface area contributed by atoms with Crippen LogP contribution in [0.15, 0.2) is 30.3 Å². The monoisotopic (exact) mass is 295 g/mol. The van der Waals surface area contributed by atoms with Crippen LogP contribution in [0.5, 0.6) is 0 Å². The van der Waals surface area contributed by atoms with Crippen LogP contribution in [0.3, 0.4) is 0 Å². The normalized spacial score (nSPS) is 11.8. The van der Waals surface area contributed by atoms with Crippen molar-refractivity contribution in [2.75, 3.05) is 11.5 Å². The molecule has 0 saturated heterocycles. The number of hydrogen-bond acceptors (Lipinski definition) is 3. The zero-order valence-electron chi connectivity index (χ0n) is 11.7. The van der Waals surface area contributed by atoms with E-state index < -0.39 is 12.0 Å². The maximum Gasteiger partial charge on any atom is 0.326 e. The number of carbonyl (C=O) groups excluding carboxylic acids is 1. The van der Waals surface area contributed by atoms with Gasteiger partial charge in [-0.15, -0.1) is 0 Å². The van der Waals surface area contributed by atoms with Crippen LogP contribution in [-0.4, -0.2) is 34.5 Å². The summed E-state index contributed by atoms with van der Waals surface area (Å²) in [5.74, 6) is 0.0361. The van der Waals surface area contributed by atoms with E-state index in [4.69, 9.17) is 0 Å². The number of aliphatic carboxylic acids is 1. The van der Waals surface area contributed by atoms with Crippen molar-refractivity contribution in [2.24, 2.45) is 0 Å². The van der Waals surface area contributed by atoms with Gasteiger partial charge >= 0.3 is 5.97 Å². The van der Waals surface area contributed by atoms with Gasteiger partial charge in [0.05, 0.1) is 5.75 Å². The second-order valence-electron chi connectivity index (χ2n) is 4.55. The molecule has 0 saturated carbocycles. The highest BCUT2D eigenvalue weighted by Gasteiger charge is 2.20. The summed E-state index contributed by atoms with van der Waals surface area (Å²) in [5, 5.41) is 11.8. The Hall–Kier alpha value is -1.49. The van der Waals surface area contributed by atoms with Crippen molar-refractivity contribution in [2.45, 2.75) is 32.2 Å². The summed E-state index contributed by atoms with van der Waals surface area (Å²) < 4.78 is 0. The van der Waals surface area contributed by atoms with Gasteiger partial charge in [0.1, 0.15) is 6.04 Å². The summed E-state index contributed by atoms with van der Waals surface area (Å²) >= 11 is 1.54. The second kappa shape index (κ2) is 9.42. The molecule has 0 radical (unpaired) electrons. The van der Waals surface area contributed by atoms with Crippen LogP contribution in [0.25, 0.3) is 0 Å². The standard InChI is InChI=1S/C15H21NO3S/c1-2-3-9-20-11-14(17)16-13(15(18)19)10-12-7-5-4-6-8-12/h4-8,13H,2-3,9-11H2,1H3,(H,16,17)(H,18,19)/t13-/m1/s1. The number of rotatable bonds is 9. The molecule has 0 aliphatic rings. The minimum atomic E-state index is -0.999. The zero-order chi connectivity index (χ0) is 14.8. The second-order valence-corrected chi connectivity index (χ2v) is 5.66.